The van der Waals surface area contributed by atoms with Crippen molar-refractivity contribution in [2.45, 2.75) is 16.7 Å². The maximum atomic E-state index is 13.7. The molecule has 6 heteroatoms. The molecule has 0 aromatic heterocycles. The maximum Gasteiger partial charge on any atom is 0.339 e. The summed E-state index contributed by atoms with van der Waals surface area (Å²) in [4.78, 5) is 12.3. The van der Waals surface area contributed by atoms with E-state index in [0.717, 1.165) is 30.0 Å². The van der Waals surface area contributed by atoms with Crippen LogP contribution in [0.25, 0.3) is 0 Å². The number of carbonyl (C=O) groups excluding carboxylic acids is 1. The smallest absolute Gasteiger partial charge is 0.339 e. The molecule has 0 bridgehead atoms. The number of hydrogen-bond donors (Lipinski definition) is 1. The lowest BCUT2D eigenvalue weighted by molar-refractivity contribution is 0.0522. The van der Waals surface area contributed by atoms with Crippen LogP contribution in [0.2, 0.25) is 0 Å². The highest BCUT2D eigenvalue weighted by molar-refractivity contribution is 7.99. The van der Waals surface area contributed by atoms with Crippen LogP contribution in [0.3, 0.4) is 0 Å². The standard InChI is InChI=1S/C15H13F2NO2S/c1-2-20-15(19)10-4-3-5-12(18)14(10)21-13-8-9(16)6-7-11(13)17/h3-8H,2,18H2,1H3. The Balaban J connectivity index is 2.43. The van der Waals surface area contributed by atoms with Crippen molar-refractivity contribution in [3.63, 3.8) is 0 Å². The first-order valence-corrected chi connectivity index (χ1v) is 7.03. The van der Waals surface area contributed by atoms with E-state index >= 15 is 0 Å². The van der Waals surface area contributed by atoms with Crippen molar-refractivity contribution >= 4 is 23.4 Å². The van der Waals surface area contributed by atoms with Crippen molar-refractivity contribution in [2.75, 3.05) is 12.3 Å². The molecule has 0 saturated heterocycles. The molecule has 110 valence electrons. The zero-order chi connectivity index (χ0) is 15.4. The number of nitrogen functional groups attached to an aromatic ring is 1. The van der Waals surface area contributed by atoms with Crippen molar-refractivity contribution in [1.82, 2.24) is 0 Å². The van der Waals surface area contributed by atoms with Crippen LogP contribution >= 0.6 is 11.8 Å². The van der Waals surface area contributed by atoms with E-state index in [1.807, 2.05) is 0 Å². The second kappa shape index (κ2) is 6.58. The Labute approximate surface area is 125 Å². The van der Waals surface area contributed by atoms with Crippen LogP contribution < -0.4 is 5.73 Å². The molecule has 0 aliphatic heterocycles. The lowest BCUT2D eigenvalue weighted by Gasteiger charge is -2.11. The molecule has 0 unspecified atom stereocenters. The van der Waals surface area contributed by atoms with E-state index in [2.05, 4.69) is 0 Å². The quantitative estimate of drug-likeness (QED) is 0.688. The molecule has 0 aliphatic carbocycles. The van der Waals surface area contributed by atoms with Crippen molar-refractivity contribution in [2.24, 2.45) is 0 Å². The van der Waals surface area contributed by atoms with Crippen LogP contribution in [-0.4, -0.2) is 12.6 Å². The van der Waals surface area contributed by atoms with Gasteiger partial charge in [0.1, 0.15) is 11.6 Å². The SMILES string of the molecule is CCOC(=O)c1cccc(N)c1Sc1cc(F)ccc1F. The predicted molar refractivity (Wildman–Crippen MR) is 77.3 cm³/mol. The first-order chi connectivity index (χ1) is 10.0. The average Bonchev–Trinajstić information content (AvgIpc) is 2.45. The van der Waals surface area contributed by atoms with Gasteiger partial charge in [-0.25, -0.2) is 13.6 Å². The van der Waals surface area contributed by atoms with E-state index in [1.165, 1.54) is 6.07 Å². The molecule has 0 saturated carbocycles. The van der Waals surface area contributed by atoms with Gasteiger partial charge in [-0.3, -0.25) is 0 Å². The van der Waals surface area contributed by atoms with Gasteiger partial charge >= 0.3 is 5.97 Å². The fourth-order valence-corrected chi connectivity index (χ4v) is 2.71. The third-order valence-corrected chi connectivity index (χ3v) is 3.84. The van der Waals surface area contributed by atoms with E-state index in [9.17, 15) is 13.6 Å². The molecule has 0 heterocycles. The van der Waals surface area contributed by atoms with Crippen LogP contribution in [0.15, 0.2) is 46.2 Å². The van der Waals surface area contributed by atoms with Crippen LogP contribution in [0.5, 0.6) is 0 Å². The van der Waals surface area contributed by atoms with E-state index in [0.29, 0.717) is 10.6 Å². The molecule has 0 fully saturated rings. The molecule has 21 heavy (non-hydrogen) atoms. The van der Waals surface area contributed by atoms with Gasteiger partial charge in [0.2, 0.25) is 0 Å². The summed E-state index contributed by atoms with van der Waals surface area (Å²) in [5.41, 5.74) is 6.37. The zero-order valence-corrected chi connectivity index (χ0v) is 12.0. The third-order valence-electron chi connectivity index (χ3n) is 2.65. The minimum atomic E-state index is -0.584. The van der Waals surface area contributed by atoms with Crippen LogP contribution in [0, 0.1) is 11.6 Å². The first kappa shape index (κ1) is 15.3. The Bertz CT molecular complexity index is 677. The van der Waals surface area contributed by atoms with Crippen LogP contribution in [0.1, 0.15) is 17.3 Å². The first-order valence-electron chi connectivity index (χ1n) is 6.21. The number of rotatable bonds is 4. The lowest BCUT2D eigenvalue weighted by atomic mass is 10.2. The van der Waals surface area contributed by atoms with Crippen molar-refractivity contribution < 1.29 is 18.3 Å². The number of carbonyl (C=O) groups is 1. The molecule has 0 atom stereocenters. The summed E-state index contributed by atoms with van der Waals surface area (Å²) in [6, 6.07) is 7.84. The second-order valence-corrected chi connectivity index (χ2v) is 5.17. The number of halogens is 2. The highest BCUT2D eigenvalue weighted by Gasteiger charge is 2.17. The fourth-order valence-electron chi connectivity index (χ4n) is 1.70. The molecular weight excluding hydrogens is 296 g/mol. The largest absolute Gasteiger partial charge is 0.462 e. The van der Waals surface area contributed by atoms with Crippen molar-refractivity contribution in [1.29, 1.82) is 0 Å². The number of nitrogens with two attached hydrogens (primary N) is 1. The van der Waals surface area contributed by atoms with Gasteiger partial charge in [0.05, 0.1) is 17.1 Å². The number of esters is 1. The Kier molecular flexibility index (Phi) is 4.80. The molecule has 0 aliphatic rings. The van der Waals surface area contributed by atoms with Crippen molar-refractivity contribution in [3.8, 4) is 0 Å². The van der Waals surface area contributed by atoms with Gasteiger partial charge in [-0.05, 0) is 37.3 Å². The normalized spacial score (nSPS) is 10.4. The highest BCUT2D eigenvalue weighted by Crippen LogP contribution is 2.36. The summed E-state index contributed by atoms with van der Waals surface area (Å²) in [6.07, 6.45) is 0. The zero-order valence-electron chi connectivity index (χ0n) is 11.2. The average molecular weight is 309 g/mol. The molecule has 2 aromatic carbocycles. The summed E-state index contributed by atoms with van der Waals surface area (Å²) in [7, 11) is 0. The fraction of sp³-hybridized carbons (Fsp3) is 0.133. The van der Waals surface area contributed by atoms with Crippen molar-refractivity contribution in [3.05, 3.63) is 53.6 Å². The number of hydrogen-bond acceptors (Lipinski definition) is 4. The predicted octanol–water partition coefficient (Wildman–Crippen LogP) is 3.87. The minimum absolute atomic E-state index is 0.0541. The van der Waals surface area contributed by atoms with E-state index < -0.39 is 17.6 Å². The van der Waals surface area contributed by atoms with Gasteiger partial charge in [0.15, 0.2) is 0 Å². The summed E-state index contributed by atoms with van der Waals surface area (Å²) in [6.45, 7) is 1.90. The number of ether oxygens (including phenoxy) is 1. The molecule has 2 N–H and O–H groups in total. The Morgan fingerprint density at radius 3 is 2.76 bits per heavy atom. The monoisotopic (exact) mass is 309 g/mol. The third kappa shape index (κ3) is 3.52. The molecule has 2 aromatic rings. The Morgan fingerprint density at radius 2 is 2.05 bits per heavy atom. The summed E-state index contributed by atoms with van der Waals surface area (Å²) >= 11 is 0.895. The topological polar surface area (TPSA) is 52.3 Å². The number of benzene rings is 2. The van der Waals surface area contributed by atoms with Crippen LogP contribution in [-0.2, 0) is 4.74 Å². The van der Waals surface area contributed by atoms with E-state index in [-0.39, 0.29) is 17.1 Å². The lowest BCUT2D eigenvalue weighted by Crippen LogP contribution is -2.07. The molecule has 2 rings (SSSR count). The molecule has 0 spiro atoms. The van der Waals surface area contributed by atoms with Gasteiger partial charge < -0.3 is 10.5 Å². The Hall–Kier alpha value is -2.08. The summed E-state index contributed by atoms with van der Waals surface area (Å²) < 4.78 is 31.9. The van der Waals surface area contributed by atoms with Gasteiger partial charge in [0.25, 0.3) is 0 Å². The van der Waals surface area contributed by atoms with Gasteiger partial charge in [-0.2, -0.15) is 0 Å². The maximum absolute atomic E-state index is 13.7. The van der Waals surface area contributed by atoms with Gasteiger partial charge in [0, 0.05) is 10.6 Å². The number of anilines is 1. The molecular formula is C15H13F2NO2S. The summed E-state index contributed by atoms with van der Waals surface area (Å²) in [5.74, 6) is -1.70. The van der Waals surface area contributed by atoms with Crippen LogP contribution in [0.4, 0.5) is 14.5 Å². The summed E-state index contributed by atoms with van der Waals surface area (Å²) in [5, 5.41) is 0. The van der Waals surface area contributed by atoms with Gasteiger partial charge in [-0.1, -0.05) is 17.8 Å². The van der Waals surface area contributed by atoms with E-state index in [4.69, 9.17) is 10.5 Å². The second-order valence-electron chi connectivity index (χ2n) is 4.12. The molecule has 0 amide bonds. The van der Waals surface area contributed by atoms with E-state index in [1.54, 1.807) is 19.1 Å². The minimum Gasteiger partial charge on any atom is -0.462 e. The highest BCUT2D eigenvalue weighted by atomic mass is 32.2. The molecule has 3 nitrogen and oxygen atoms in total. The Morgan fingerprint density at radius 1 is 1.29 bits per heavy atom. The molecule has 0 radical (unpaired) electrons. The van der Waals surface area contributed by atoms with Gasteiger partial charge in [-0.15, -0.1) is 0 Å².